The topological polar surface area (TPSA) is 138 Å². The molecule has 2 aromatic heterocycles. The van der Waals surface area contributed by atoms with Crippen molar-refractivity contribution < 1.29 is 22.7 Å². The zero-order chi connectivity index (χ0) is 13.3. The van der Waals surface area contributed by atoms with Crippen molar-refractivity contribution in [2.45, 2.75) is 4.90 Å². The van der Waals surface area contributed by atoms with E-state index in [1.807, 2.05) is 0 Å². The van der Waals surface area contributed by atoms with Crippen LogP contribution in [-0.4, -0.2) is 34.7 Å². The predicted molar refractivity (Wildman–Crippen MR) is 60.6 cm³/mol. The smallest absolute Gasteiger partial charge is 0.371 e. The van der Waals surface area contributed by atoms with Crippen LogP contribution in [-0.2, 0) is 10.0 Å². The van der Waals surface area contributed by atoms with E-state index in [0.717, 1.165) is 12.4 Å². The number of aromatic nitrogens is 3. The quantitative estimate of drug-likeness (QED) is 0.745. The first-order chi connectivity index (χ1) is 8.40. The number of aromatic carboxylic acids is 1. The van der Waals surface area contributed by atoms with Crippen molar-refractivity contribution in [2.24, 2.45) is 0 Å². The van der Waals surface area contributed by atoms with Gasteiger partial charge < -0.3 is 9.52 Å². The lowest BCUT2D eigenvalue weighted by Gasteiger charge is -2.01. The van der Waals surface area contributed by atoms with Crippen molar-refractivity contribution in [1.82, 2.24) is 15.2 Å². The lowest BCUT2D eigenvalue weighted by molar-refractivity contribution is 0.0661. The average molecular weight is 337 g/mol. The normalized spacial score (nSPS) is 11.4. The number of anilines is 1. The van der Waals surface area contributed by atoms with Crippen LogP contribution < -0.4 is 4.72 Å². The highest BCUT2D eigenvalue weighted by molar-refractivity contribution is 9.10. The van der Waals surface area contributed by atoms with E-state index >= 15 is 0 Å². The van der Waals surface area contributed by atoms with Crippen molar-refractivity contribution in [1.29, 1.82) is 0 Å². The summed E-state index contributed by atoms with van der Waals surface area (Å²) in [6.45, 7) is 0. The molecule has 0 unspecified atom stereocenters. The maximum atomic E-state index is 11.9. The molecular weight excluding hydrogens is 332 g/mol. The SMILES string of the molecule is O=C(O)c1cc(S(=O)(=O)Nc2ncn[nH]2)c(Br)o1. The molecule has 0 atom stereocenters. The van der Waals surface area contributed by atoms with Gasteiger partial charge in [0.15, 0.2) is 4.67 Å². The molecule has 0 aromatic carbocycles. The molecule has 0 saturated heterocycles. The summed E-state index contributed by atoms with van der Waals surface area (Å²) in [6.07, 6.45) is 1.12. The Labute approximate surface area is 108 Å². The van der Waals surface area contributed by atoms with Gasteiger partial charge in [-0.2, -0.15) is 10.1 Å². The number of nitrogens with zero attached hydrogens (tertiary/aromatic N) is 2. The van der Waals surface area contributed by atoms with Gasteiger partial charge >= 0.3 is 5.97 Å². The number of sulfonamides is 1. The van der Waals surface area contributed by atoms with Crippen LogP contribution in [0.15, 0.2) is 26.4 Å². The van der Waals surface area contributed by atoms with Crippen molar-refractivity contribution in [3.63, 3.8) is 0 Å². The molecule has 3 N–H and O–H groups in total. The molecule has 0 aliphatic carbocycles. The van der Waals surface area contributed by atoms with Crippen molar-refractivity contribution in [3.8, 4) is 0 Å². The molecule has 0 fully saturated rings. The zero-order valence-corrected chi connectivity index (χ0v) is 10.8. The first-order valence-electron chi connectivity index (χ1n) is 4.31. The van der Waals surface area contributed by atoms with Crippen LogP contribution in [0.25, 0.3) is 0 Å². The second-order valence-corrected chi connectivity index (χ2v) is 5.36. The van der Waals surface area contributed by atoms with E-state index in [9.17, 15) is 13.2 Å². The Morgan fingerprint density at radius 2 is 2.28 bits per heavy atom. The third kappa shape index (κ3) is 2.36. The van der Waals surface area contributed by atoms with Crippen molar-refractivity contribution >= 4 is 37.9 Å². The molecule has 0 aliphatic rings. The van der Waals surface area contributed by atoms with Crippen LogP contribution in [0.2, 0.25) is 0 Å². The van der Waals surface area contributed by atoms with Gasteiger partial charge in [0.25, 0.3) is 10.0 Å². The molecule has 0 amide bonds. The minimum absolute atomic E-state index is 0.0972. The summed E-state index contributed by atoms with van der Waals surface area (Å²) >= 11 is 2.83. The number of aromatic amines is 1. The van der Waals surface area contributed by atoms with Gasteiger partial charge in [0.1, 0.15) is 11.2 Å². The van der Waals surface area contributed by atoms with Gasteiger partial charge in [0, 0.05) is 6.07 Å². The Hall–Kier alpha value is -1.88. The monoisotopic (exact) mass is 336 g/mol. The van der Waals surface area contributed by atoms with Gasteiger partial charge in [-0.25, -0.2) is 23.0 Å². The summed E-state index contributed by atoms with van der Waals surface area (Å²) in [6, 6.07) is 0.880. The number of hydrogen-bond donors (Lipinski definition) is 3. The van der Waals surface area contributed by atoms with Gasteiger partial charge in [-0.1, -0.05) is 0 Å². The fourth-order valence-electron chi connectivity index (χ4n) is 1.08. The minimum Gasteiger partial charge on any atom is -0.475 e. The number of carboxylic acids is 1. The Morgan fingerprint density at radius 3 is 2.78 bits per heavy atom. The molecule has 96 valence electrons. The third-order valence-electron chi connectivity index (χ3n) is 1.80. The molecule has 0 spiro atoms. The van der Waals surface area contributed by atoms with Gasteiger partial charge in [-0.05, 0) is 15.9 Å². The zero-order valence-electron chi connectivity index (χ0n) is 8.42. The predicted octanol–water partition coefficient (Wildman–Crippen LogP) is 0.659. The highest BCUT2D eigenvalue weighted by Crippen LogP contribution is 2.27. The van der Waals surface area contributed by atoms with Crippen LogP contribution in [0, 0.1) is 0 Å². The number of H-pyrrole nitrogens is 1. The van der Waals surface area contributed by atoms with E-state index < -0.39 is 21.8 Å². The Morgan fingerprint density at radius 1 is 1.56 bits per heavy atom. The maximum Gasteiger partial charge on any atom is 0.371 e. The number of nitrogens with one attached hydrogen (secondary N) is 2. The molecule has 2 rings (SSSR count). The number of carbonyl (C=O) groups is 1. The minimum atomic E-state index is -4.01. The van der Waals surface area contributed by atoms with Crippen LogP contribution >= 0.6 is 15.9 Å². The third-order valence-corrected chi connectivity index (χ3v) is 4.00. The maximum absolute atomic E-state index is 11.9. The molecule has 0 aliphatic heterocycles. The molecule has 0 radical (unpaired) electrons. The standard InChI is InChI=1S/C7H5BrN4O5S/c8-5-4(1-3(17-5)6(13)14)18(15,16)12-7-9-2-10-11-7/h1-2H,(H,13,14)(H2,9,10,11,12). The van der Waals surface area contributed by atoms with E-state index in [1.165, 1.54) is 0 Å². The van der Waals surface area contributed by atoms with Crippen LogP contribution in [0.5, 0.6) is 0 Å². The summed E-state index contributed by atoms with van der Waals surface area (Å²) in [5.74, 6) is -1.98. The van der Waals surface area contributed by atoms with E-state index in [1.54, 1.807) is 0 Å². The van der Waals surface area contributed by atoms with Crippen LogP contribution in [0.3, 0.4) is 0 Å². The molecule has 0 bridgehead atoms. The van der Waals surface area contributed by atoms with E-state index in [-0.39, 0.29) is 15.5 Å². The van der Waals surface area contributed by atoms with Crippen molar-refractivity contribution in [2.75, 3.05) is 4.72 Å². The lowest BCUT2D eigenvalue weighted by Crippen LogP contribution is -2.13. The second kappa shape index (κ2) is 4.42. The lowest BCUT2D eigenvalue weighted by atomic mass is 10.5. The largest absolute Gasteiger partial charge is 0.475 e. The molecule has 9 nitrogen and oxygen atoms in total. The van der Waals surface area contributed by atoms with Gasteiger partial charge in [-0.3, -0.25) is 0 Å². The van der Waals surface area contributed by atoms with Crippen molar-refractivity contribution in [3.05, 3.63) is 22.8 Å². The average Bonchev–Trinajstić information content (AvgIpc) is 2.86. The van der Waals surface area contributed by atoms with Gasteiger partial charge in [0.05, 0.1) is 0 Å². The molecular formula is C7H5BrN4O5S. The van der Waals surface area contributed by atoms with Gasteiger partial charge in [-0.15, -0.1) is 0 Å². The first kappa shape index (κ1) is 12.6. The Kier molecular flexibility index (Phi) is 3.09. The van der Waals surface area contributed by atoms with E-state index in [0.29, 0.717) is 0 Å². The van der Waals surface area contributed by atoms with Crippen LogP contribution in [0.1, 0.15) is 10.6 Å². The molecule has 2 heterocycles. The number of halogens is 1. The Balaban J connectivity index is 2.38. The first-order valence-corrected chi connectivity index (χ1v) is 6.58. The second-order valence-electron chi connectivity index (χ2n) is 2.99. The molecule has 11 heteroatoms. The molecule has 18 heavy (non-hydrogen) atoms. The Bertz CT molecular complexity index is 677. The summed E-state index contributed by atoms with van der Waals surface area (Å²) in [5, 5.41) is 14.4. The van der Waals surface area contributed by atoms with Crippen LogP contribution in [0.4, 0.5) is 5.95 Å². The fraction of sp³-hybridized carbons (Fsp3) is 0. The molecule has 0 saturated carbocycles. The highest BCUT2D eigenvalue weighted by Gasteiger charge is 2.25. The fourth-order valence-corrected chi connectivity index (χ4v) is 2.98. The molecule has 2 aromatic rings. The number of rotatable bonds is 4. The van der Waals surface area contributed by atoms with E-state index in [4.69, 9.17) is 9.52 Å². The summed E-state index contributed by atoms with van der Waals surface area (Å²) in [7, 11) is -4.01. The number of hydrogen-bond acceptors (Lipinski definition) is 6. The number of furan rings is 1. The summed E-state index contributed by atoms with van der Waals surface area (Å²) in [5.41, 5.74) is 0. The number of carboxylic acid groups (broad SMARTS) is 1. The van der Waals surface area contributed by atoms with E-state index in [2.05, 4.69) is 35.8 Å². The van der Waals surface area contributed by atoms with Gasteiger partial charge in [0.2, 0.25) is 11.7 Å². The summed E-state index contributed by atoms with van der Waals surface area (Å²) < 4.78 is 30.3. The highest BCUT2D eigenvalue weighted by atomic mass is 79.9. The summed E-state index contributed by atoms with van der Waals surface area (Å²) in [4.78, 5) is 13.9.